The average molecular weight is 252 g/mol. The minimum atomic E-state index is -0.865. The SMILES string of the molecule is Cc1nc(C2CC2)oc1C(=O)NCCCC(=O)O. The van der Waals surface area contributed by atoms with Gasteiger partial charge in [0.1, 0.15) is 0 Å². The van der Waals surface area contributed by atoms with Crippen molar-refractivity contribution in [2.75, 3.05) is 6.54 Å². The summed E-state index contributed by atoms with van der Waals surface area (Å²) in [7, 11) is 0. The van der Waals surface area contributed by atoms with Crippen molar-refractivity contribution in [3.05, 3.63) is 17.3 Å². The summed E-state index contributed by atoms with van der Waals surface area (Å²) in [5.74, 6) is 0.0704. The summed E-state index contributed by atoms with van der Waals surface area (Å²) in [6.45, 7) is 2.06. The first-order valence-corrected chi connectivity index (χ1v) is 6.05. The summed E-state index contributed by atoms with van der Waals surface area (Å²) in [6, 6.07) is 0. The van der Waals surface area contributed by atoms with Crippen LogP contribution in [-0.4, -0.2) is 28.5 Å². The highest BCUT2D eigenvalue weighted by Gasteiger charge is 2.30. The highest BCUT2D eigenvalue weighted by molar-refractivity contribution is 5.92. The normalized spacial score (nSPS) is 14.5. The topological polar surface area (TPSA) is 92.4 Å². The zero-order valence-electron chi connectivity index (χ0n) is 10.2. The molecule has 1 fully saturated rings. The van der Waals surface area contributed by atoms with Crippen LogP contribution < -0.4 is 5.32 Å². The lowest BCUT2D eigenvalue weighted by Crippen LogP contribution is -2.25. The van der Waals surface area contributed by atoms with E-state index in [9.17, 15) is 9.59 Å². The van der Waals surface area contributed by atoms with Crippen LogP contribution in [-0.2, 0) is 4.79 Å². The first kappa shape index (κ1) is 12.6. The Kier molecular flexibility index (Phi) is 3.64. The monoisotopic (exact) mass is 252 g/mol. The number of aliphatic carboxylic acids is 1. The number of oxazole rings is 1. The van der Waals surface area contributed by atoms with E-state index in [2.05, 4.69) is 10.3 Å². The van der Waals surface area contributed by atoms with E-state index in [1.807, 2.05) is 0 Å². The molecular formula is C12H16N2O4. The maximum absolute atomic E-state index is 11.8. The lowest BCUT2D eigenvalue weighted by molar-refractivity contribution is -0.137. The minimum absolute atomic E-state index is 0.0446. The molecule has 18 heavy (non-hydrogen) atoms. The largest absolute Gasteiger partial charge is 0.481 e. The third kappa shape index (κ3) is 3.09. The van der Waals surface area contributed by atoms with Crippen LogP contribution >= 0.6 is 0 Å². The molecule has 1 saturated carbocycles. The number of aromatic nitrogens is 1. The van der Waals surface area contributed by atoms with E-state index in [1.165, 1.54) is 0 Å². The summed E-state index contributed by atoms with van der Waals surface area (Å²) in [6.07, 6.45) is 2.59. The van der Waals surface area contributed by atoms with Crippen molar-refractivity contribution in [3.8, 4) is 0 Å². The Hall–Kier alpha value is -1.85. The van der Waals surface area contributed by atoms with E-state index in [0.717, 1.165) is 12.8 Å². The standard InChI is InChI=1S/C12H16N2O4/c1-7-10(18-12(14-7)8-4-5-8)11(17)13-6-2-3-9(15)16/h8H,2-6H2,1H3,(H,13,17)(H,15,16). The van der Waals surface area contributed by atoms with Crippen molar-refractivity contribution in [2.45, 2.75) is 38.5 Å². The predicted octanol–water partition coefficient (Wildman–Crippen LogP) is 1.46. The lowest BCUT2D eigenvalue weighted by Gasteiger charge is -2.01. The molecular weight excluding hydrogens is 236 g/mol. The predicted molar refractivity (Wildman–Crippen MR) is 62.4 cm³/mol. The van der Waals surface area contributed by atoms with Gasteiger partial charge in [-0.25, -0.2) is 4.98 Å². The van der Waals surface area contributed by atoms with Crippen molar-refractivity contribution in [3.63, 3.8) is 0 Å². The quantitative estimate of drug-likeness (QED) is 0.747. The van der Waals surface area contributed by atoms with E-state index >= 15 is 0 Å². The number of carboxylic acid groups (broad SMARTS) is 1. The fraction of sp³-hybridized carbons (Fsp3) is 0.583. The molecule has 1 aliphatic rings. The van der Waals surface area contributed by atoms with Gasteiger partial charge in [0, 0.05) is 18.9 Å². The number of nitrogens with one attached hydrogen (secondary N) is 1. The number of carbonyl (C=O) groups is 2. The summed E-state index contributed by atoms with van der Waals surface area (Å²) < 4.78 is 5.44. The van der Waals surface area contributed by atoms with Crippen LogP contribution in [0, 0.1) is 6.92 Å². The van der Waals surface area contributed by atoms with Crippen LogP contribution in [0.25, 0.3) is 0 Å². The molecule has 2 rings (SSSR count). The number of nitrogens with zero attached hydrogens (tertiary/aromatic N) is 1. The lowest BCUT2D eigenvalue weighted by atomic mass is 10.3. The van der Waals surface area contributed by atoms with Crippen LogP contribution in [0.4, 0.5) is 0 Å². The minimum Gasteiger partial charge on any atom is -0.481 e. The second kappa shape index (κ2) is 5.20. The van der Waals surface area contributed by atoms with Crippen molar-refractivity contribution >= 4 is 11.9 Å². The molecule has 0 bridgehead atoms. The molecule has 0 atom stereocenters. The molecule has 2 N–H and O–H groups in total. The van der Waals surface area contributed by atoms with E-state index in [-0.39, 0.29) is 18.1 Å². The second-order valence-corrected chi connectivity index (χ2v) is 4.49. The molecule has 6 nitrogen and oxygen atoms in total. The third-order valence-corrected chi connectivity index (χ3v) is 2.80. The van der Waals surface area contributed by atoms with E-state index in [0.29, 0.717) is 30.5 Å². The van der Waals surface area contributed by atoms with Gasteiger partial charge >= 0.3 is 5.97 Å². The maximum atomic E-state index is 11.8. The van der Waals surface area contributed by atoms with E-state index < -0.39 is 5.97 Å². The summed E-state index contributed by atoms with van der Waals surface area (Å²) in [5.41, 5.74) is 0.590. The van der Waals surface area contributed by atoms with E-state index in [1.54, 1.807) is 6.92 Å². The molecule has 1 aliphatic carbocycles. The van der Waals surface area contributed by atoms with Gasteiger partial charge in [0.05, 0.1) is 5.69 Å². The van der Waals surface area contributed by atoms with Gasteiger partial charge < -0.3 is 14.8 Å². The Bertz CT molecular complexity index is 463. The molecule has 0 spiro atoms. The number of hydrogen-bond acceptors (Lipinski definition) is 4. The van der Waals surface area contributed by atoms with Crippen molar-refractivity contribution in [1.82, 2.24) is 10.3 Å². The highest BCUT2D eigenvalue weighted by Crippen LogP contribution is 2.39. The van der Waals surface area contributed by atoms with Gasteiger partial charge in [0.25, 0.3) is 5.91 Å². The van der Waals surface area contributed by atoms with Gasteiger partial charge in [-0.3, -0.25) is 9.59 Å². The summed E-state index contributed by atoms with van der Waals surface area (Å²) >= 11 is 0. The Morgan fingerprint density at radius 3 is 2.83 bits per heavy atom. The molecule has 1 heterocycles. The summed E-state index contributed by atoms with van der Waals surface area (Å²) in [5, 5.41) is 11.1. The zero-order valence-corrected chi connectivity index (χ0v) is 10.2. The fourth-order valence-electron chi connectivity index (χ4n) is 1.65. The second-order valence-electron chi connectivity index (χ2n) is 4.49. The number of aryl methyl sites for hydroxylation is 1. The zero-order chi connectivity index (χ0) is 13.1. The molecule has 0 saturated heterocycles. The van der Waals surface area contributed by atoms with Crippen LogP contribution in [0.5, 0.6) is 0 Å². The van der Waals surface area contributed by atoms with Crippen LogP contribution in [0.3, 0.4) is 0 Å². The number of rotatable bonds is 6. The first-order valence-electron chi connectivity index (χ1n) is 6.05. The van der Waals surface area contributed by atoms with E-state index in [4.69, 9.17) is 9.52 Å². The molecule has 1 amide bonds. The molecule has 0 aromatic carbocycles. The fourth-order valence-corrected chi connectivity index (χ4v) is 1.65. The molecule has 0 unspecified atom stereocenters. The molecule has 0 radical (unpaired) electrons. The first-order chi connectivity index (χ1) is 8.58. The Balaban J connectivity index is 1.86. The van der Waals surface area contributed by atoms with Gasteiger partial charge in [0.15, 0.2) is 5.89 Å². The Morgan fingerprint density at radius 2 is 2.22 bits per heavy atom. The molecule has 1 aromatic heterocycles. The molecule has 98 valence electrons. The Morgan fingerprint density at radius 1 is 1.50 bits per heavy atom. The van der Waals surface area contributed by atoms with Crippen molar-refractivity contribution in [2.24, 2.45) is 0 Å². The Labute approximate surface area is 104 Å². The van der Waals surface area contributed by atoms with Crippen molar-refractivity contribution in [1.29, 1.82) is 0 Å². The van der Waals surface area contributed by atoms with Gasteiger partial charge in [0.2, 0.25) is 5.76 Å². The smallest absolute Gasteiger partial charge is 0.303 e. The average Bonchev–Trinajstić information content (AvgIpc) is 3.08. The summed E-state index contributed by atoms with van der Waals surface area (Å²) in [4.78, 5) is 26.3. The van der Waals surface area contributed by atoms with Gasteiger partial charge in [-0.15, -0.1) is 0 Å². The molecule has 6 heteroatoms. The van der Waals surface area contributed by atoms with Crippen LogP contribution in [0.1, 0.15) is 53.7 Å². The number of hydrogen-bond donors (Lipinski definition) is 2. The number of amides is 1. The van der Waals surface area contributed by atoms with Gasteiger partial charge in [-0.1, -0.05) is 0 Å². The van der Waals surface area contributed by atoms with Gasteiger partial charge in [-0.2, -0.15) is 0 Å². The number of carboxylic acids is 1. The maximum Gasteiger partial charge on any atom is 0.303 e. The number of carbonyl (C=O) groups excluding carboxylic acids is 1. The van der Waals surface area contributed by atoms with Crippen LogP contribution in [0.15, 0.2) is 4.42 Å². The highest BCUT2D eigenvalue weighted by atomic mass is 16.4. The van der Waals surface area contributed by atoms with Crippen molar-refractivity contribution < 1.29 is 19.1 Å². The molecule has 0 aliphatic heterocycles. The molecule has 1 aromatic rings. The van der Waals surface area contributed by atoms with Crippen LogP contribution in [0.2, 0.25) is 0 Å². The van der Waals surface area contributed by atoms with Gasteiger partial charge in [-0.05, 0) is 26.2 Å². The third-order valence-electron chi connectivity index (χ3n) is 2.80.